The fourth-order valence-corrected chi connectivity index (χ4v) is 2.57. The van der Waals surface area contributed by atoms with E-state index in [1.54, 1.807) is 11.7 Å². The standard InChI is InChI=1S/C13H14BrN3O4/c1-8-10(7-14)13(16(2)15-8)21-11-5-4-9(17(18)19)6-12(11)20-3/h4-6H,7H2,1-3H3. The first-order chi connectivity index (χ1) is 9.97. The minimum absolute atomic E-state index is 0.0545. The molecule has 0 amide bonds. The number of nitro benzene ring substituents is 1. The number of benzene rings is 1. The maximum absolute atomic E-state index is 10.8. The van der Waals surface area contributed by atoms with Crippen LogP contribution in [0.2, 0.25) is 0 Å². The summed E-state index contributed by atoms with van der Waals surface area (Å²) in [6.07, 6.45) is 0. The Kier molecular flexibility index (Phi) is 4.46. The van der Waals surface area contributed by atoms with E-state index >= 15 is 0 Å². The molecule has 2 aromatic rings. The number of aromatic nitrogens is 2. The van der Waals surface area contributed by atoms with E-state index in [0.29, 0.717) is 22.7 Å². The molecule has 1 aromatic heterocycles. The summed E-state index contributed by atoms with van der Waals surface area (Å²) in [5.74, 6) is 1.26. The average molecular weight is 356 g/mol. The summed E-state index contributed by atoms with van der Waals surface area (Å²) in [4.78, 5) is 10.3. The number of ether oxygens (including phenoxy) is 2. The van der Waals surface area contributed by atoms with Gasteiger partial charge in [0.05, 0.1) is 23.8 Å². The van der Waals surface area contributed by atoms with Gasteiger partial charge < -0.3 is 9.47 Å². The number of nitrogens with zero attached hydrogens (tertiary/aromatic N) is 3. The van der Waals surface area contributed by atoms with Gasteiger partial charge in [-0.1, -0.05) is 15.9 Å². The van der Waals surface area contributed by atoms with E-state index in [4.69, 9.17) is 9.47 Å². The first-order valence-corrected chi connectivity index (χ1v) is 7.18. The molecule has 0 fully saturated rings. The fraction of sp³-hybridized carbons (Fsp3) is 0.308. The molecule has 0 unspecified atom stereocenters. The largest absolute Gasteiger partial charge is 0.493 e. The van der Waals surface area contributed by atoms with Crippen molar-refractivity contribution in [3.63, 3.8) is 0 Å². The summed E-state index contributed by atoms with van der Waals surface area (Å²) in [6, 6.07) is 4.21. The summed E-state index contributed by atoms with van der Waals surface area (Å²) in [5.41, 5.74) is 1.71. The molecule has 21 heavy (non-hydrogen) atoms. The molecular weight excluding hydrogens is 342 g/mol. The second-order valence-corrected chi connectivity index (χ2v) is 4.88. The maximum atomic E-state index is 10.8. The topological polar surface area (TPSA) is 79.4 Å². The summed E-state index contributed by atoms with van der Waals surface area (Å²) in [5, 5.41) is 15.7. The van der Waals surface area contributed by atoms with E-state index in [2.05, 4.69) is 21.0 Å². The van der Waals surface area contributed by atoms with Crippen LogP contribution in [0.15, 0.2) is 18.2 Å². The van der Waals surface area contributed by atoms with Crippen molar-refractivity contribution in [2.24, 2.45) is 7.05 Å². The highest BCUT2D eigenvalue weighted by molar-refractivity contribution is 9.08. The van der Waals surface area contributed by atoms with Gasteiger partial charge in [0, 0.05) is 24.0 Å². The van der Waals surface area contributed by atoms with Crippen molar-refractivity contribution >= 4 is 21.6 Å². The zero-order valence-corrected chi connectivity index (χ0v) is 13.4. The Morgan fingerprint density at radius 3 is 2.71 bits per heavy atom. The highest BCUT2D eigenvalue weighted by Crippen LogP contribution is 2.36. The maximum Gasteiger partial charge on any atom is 0.273 e. The van der Waals surface area contributed by atoms with E-state index in [0.717, 1.165) is 11.3 Å². The predicted octanol–water partition coefficient (Wildman–Crippen LogP) is 3.33. The van der Waals surface area contributed by atoms with Crippen molar-refractivity contribution in [1.29, 1.82) is 0 Å². The number of hydrogen-bond donors (Lipinski definition) is 0. The monoisotopic (exact) mass is 355 g/mol. The van der Waals surface area contributed by atoms with Crippen LogP contribution in [-0.4, -0.2) is 21.8 Å². The van der Waals surface area contributed by atoms with Crippen LogP contribution in [0.4, 0.5) is 5.69 Å². The third-order valence-electron chi connectivity index (χ3n) is 2.99. The van der Waals surface area contributed by atoms with Crippen LogP contribution >= 0.6 is 15.9 Å². The third-order valence-corrected chi connectivity index (χ3v) is 3.55. The highest BCUT2D eigenvalue weighted by atomic mass is 79.9. The van der Waals surface area contributed by atoms with Gasteiger partial charge in [-0.15, -0.1) is 0 Å². The molecular formula is C13H14BrN3O4. The van der Waals surface area contributed by atoms with Crippen LogP contribution in [0.25, 0.3) is 0 Å². The molecule has 0 saturated heterocycles. The van der Waals surface area contributed by atoms with E-state index in [9.17, 15) is 10.1 Å². The van der Waals surface area contributed by atoms with Gasteiger partial charge in [0.1, 0.15) is 0 Å². The van der Waals surface area contributed by atoms with Gasteiger partial charge in [0.25, 0.3) is 5.69 Å². The number of halogens is 1. The number of rotatable bonds is 5. The number of alkyl halides is 1. The van der Waals surface area contributed by atoms with E-state index in [1.165, 1.54) is 25.3 Å². The predicted molar refractivity (Wildman–Crippen MR) is 80.3 cm³/mol. The molecule has 8 heteroatoms. The number of methoxy groups -OCH3 is 1. The number of nitro groups is 1. The SMILES string of the molecule is COc1cc([N+](=O)[O-])ccc1Oc1c(CBr)c(C)nn1C. The molecule has 0 aliphatic heterocycles. The average Bonchev–Trinajstić information content (AvgIpc) is 2.72. The van der Waals surface area contributed by atoms with Gasteiger partial charge in [-0.2, -0.15) is 5.10 Å². The van der Waals surface area contributed by atoms with Crippen LogP contribution in [0, 0.1) is 17.0 Å². The molecule has 0 aliphatic rings. The molecule has 2 rings (SSSR count). The Morgan fingerprint density at radius 2 is 2.14 bits per heavy atom. The van der Waals surface area contributed by atoms with Crippen molar-refractivity contribution in [3.8, 4) is 17.4 Å². The van der Waals surface area contributed by atoms with Crippen LogP contribution in [0.3, 0.4) is 0 Å². The molecule has 7 nitrogen and oxygen atoms in total. The Labute approximate surface area is 129 Å². The normalized spacial score (nSPS) is 10.5. The quantitative estimate of drug-likeness (QED) is 0.466. The highest BCUT2D eigenvalue weighted by Gasteiger charge is 2.18. The van der Waals surface area contributed by atoms with Crippen molar-refractivity contribution in [2.45, 2.75) is 12.3 Å². The first kappa shape index (κ1) is 15.3. The van der Waals surface area contributed by atoms with Crippen molar-refractivity contribution in [1.82, 2.24) is 9.78 Å². The van der Waals surface area contributed by atoms with Crippen LogP contribution in [-0.2, 0) is 12.4 Å². The summed E-state index contributed by atoms with van der Waals surface area (Å²) in [6.45, 7) is 1.89. The summed E-state index contributed by atoms with van der Waals surface area (Å²) in [7, 11) is 3.21. The zero-order chi connectivity index (χ0) is 15.6. The number of aryl methyl sites for hydroxylation is 2. The lowest BCUT2D eigenvalue weighted by Crippen LogP contribution is -1.99. The second kappa shape index (κ2) is 6.13. The Bertz CT molecular complexity index is 684. The molecule has 112 valence electrons. The van der Waals surface area contributed by atoms with Gasteiger partial charge >= 0.3 is 0 Å². The Hall–Kier alpha value is -2.09. The van der Waals surface area contributed by atoms with Crippen molar-refractivity contribution in [3.05, 3.63) is 39.6 Å². The van der Waals surface area contributed by atoms with Gasteiger partial charge in [0.2, 0.25) is 5.88 Å². The van der Waals surface area contributed by atoms with Crippen molar-refractivity contribution in [2.75, 3.05) is 7.11 Å². The lowest BCUT2D eigenvalue weighted by Gasteiger charge is -2.11. The lowest BCUT2D eigenvalue weighted by molar-refractivity contribution is -0.384. The van der Waals surface area contributed by atoms with Gasteiger partial charge in [-0.05, 0) is 13.0 Å². The molecule has 1 heterocycles. The van der Waals surface area contributed by atoms with E-state index < -0.39 is 4.92 Å². The molecule has 0 bridgehead atoms. The van der Waals surface area contributed by atoms with Gasteiger partial charge in [-0.25, -0.2) is 4.68 Å². The fourth-order valence-electron chi connectivity index (χ4n) is 1.92. The smallest absolute Gasteiger partial charge is 0.273 e. The molecule has 0 N–H and O–H groups in total. The van der Waals surface area contributed by atoms with E-state index in [1.807, 2.05) is 6.92 Å². The van der Waals surface area contributed by atoms with Crippen LogP contribution in [0.1, 0.15) is 11.3 Å². The third kappa shape index (κ3) is 2.99. The second-order valence-electron chi connectivity index (χ2n) is 4.32. The lowest BCUT2D eigenvalue weighted by atomic mass is 10.2. The van der Waals surface area contributed by atoms with E-state index in [-0.39, 0.29) is 5.69 Å². The summed E-state index contributed by atoms with van der Waals surface area (Å²) >= 11 is 3.40. The first-order valence-electron chi connectivity index (χ1n) is 6.06. The Balaban J connectivity index is 2.42. The zero-order valence-electron chi connectivity index (χ0n) is 11.8. The summed E-state index contributed by atoms with van der Waals surface area (Å²) < 4.78 is 12.6. The minimum Gasteiger partial charge on any atom is -0.493 e. The number of non-ortho nitro benzene ring substituents is 1. The number of hydrogen-bond acceptors (Lipinski definition) is 5. The van der Waals surface area contributed by atoms with Gasteiger partial charge in [0.15, 0.2) is 11.5 Å². The van der Waals surface area contributed by atoms with Crippen molar-refractivity contribution < 1.29 is 14.4 Å². The molecule has 0 radical (unpaired) electrons. The molecule has 0 aliphatic carbocycles. The minimum atomic E-state index is -0.482. The van der Waals surface area contributed by atoms with Gasteiger partial charge in [-0.3, -0.25) is 10.1 Å². The molecule has 1 aromatic carbocycles. The van der Waals surface area contributed by atoms with Crippen LogP contribution in [0.5, 0.6) is 17.4 Å². The van der Waals surface area contributed by atoms with Crippen LogP contribution < -0.4 is 9.47 Å². The Morgan fingerprint density at radius 1 is 1.43 bits per heavy atom. The molecule has 0 spiro atoms. The molecule has 0 saturated carbocycles. The molecule has 0 atom stereocenters.